The van der Waals surface area contributed by atoms with Crippen molar-refractivity contribution in [2.24, 2.45) is 5.92 Å². The Morgan fingerprint density at radius 3 is 2.20 bits per heavy atom. The van der Waals surface area contributed by atoms with Crippen LogP contribution in [0.2, 0.25) is 0 Å². The summed E-state index contributed by atoms with van der Waals surface area (Å²) in [5.74, 6) is 0.722. The molecule has 86 valence electrons. The van der Waals surface area contributed by atoms with Crippen LogP contribution in [0.1, 0.15) is 52.9 Å². The summed E-state index contributed by atoms with van der Waals surface area (Å²) in [6.07, 6.45) is 5.80. The van der Waals surface area contributed by atoms with Gasteiger partial charge in [-0.15, -0.1) is 6.58 Å². The minimum atomic E-state index is 0.722. The van der Waals surface area contributed by atoms with Gasteiger partial charge in [0.05, 0.1) is 0 Å². The second kappa shape index (κ2) is 7.50. The molecule has 0 amide bonds. The summed E-state index contributed by atoms with van der Waals surface area (Å²) in [6, 6.07) is 0. The molecule has 0 aromatic heterocycles. The van der Waals surface area contributed by atoms with Gasteiger partial charge in [-0.3, -0.25) is 0 Å². The molecule has 0 heteroatoms. The fourth-order valence-corrected chi connectivity index (χ4v) is 1.67. The Kier molecular flexibility index (Phi) is 7.11. The highest BCUT2D eigenvalue weighted by atomic mass is 14.1. The van der Waals surface area contributed by atoms with E-state index in [1.807, 2.05) is 0 Å². The lowest BCUT2D eigenvalue weighted by molar-refractivity contribution is 0.507. The minimum absolute atomic E-state index is 0.722. The third-order valence-corrected chi connectivity index (χ3v) is 2.82. The topological polar surface area (TPSA) is 0 Å². The largest absolute Gasteiger partial charge is 0.100 e. The van der Waals surface area contributed by atoms with E-state index in [2.05, 4.69) is 40.5 Å². The fraction of sp³-hybridized carbons (Fsp3) is 0.600. The number of hydrogen-bond donors (Lipinski definition) is 0. The molecule has 0 bridgehead atoms. The third-order valence-electron chi connectivity index (χ3n) is 2.82. The second-order valence-corrected chi connectivity index (χ2v) is 4.72. The summed E-state index contributed by atoms with van der Waals surface area (Å²) in [5.41, 5.74) is 3.74. The zero-order valence-corrected chi connectivity index (χ0v) is 10.7. The second-order valence-electron chi connectivity index (χ2n) is 4.72. The van der Waals surface area contributed by atoms with Crippen molar-refractivity contribution in [1.29, 1.82) is 0 Å². The molecular formula is C15H26. The molecule has 0 aliphatic heterocycles. The van der Waals surface area contributed by atoms with E-state index >= 15 is 0 Å². The van der Waals surface area contributed by atoms with Crippen LogP contribution in [0.4, 0.5) is 0 Å². The first-order valence-electron chi connectivity index (χ1n) is 5.97. The zero-order chi connectivity index (χ0) is 11.8. The maximum atomic E-state index is 4.09. The van der Waals surface area contributed by atoms with Crippen molar-refractivity contribution in [2.45, 2.75) is 52.9 Å². The highest BCUT2D eigenvalue weighted by Crippen LogP contribution is 2.22. The Bertz CT molecular complexity index is 232. The molecule has 0 saturated heterocycles. The molecule has 0 fully saturated rings. The minimum Gasteiger partial charge on any atom is -0.100 e. The van der Waals surface area contributed by atoms with E-state index < -0.39 is 0 Å². The molecule has 0 spiro atoms. The van der Waals surface area contributed by atoms with Crippen molar-refractivity contribution in [3.63, 3.8) is 0 Å². The monoisotopic (exact) mass is 206 g/mol. The molecule has 0 aromatic carbocycles. The predicted octanol–water partition coefficient (Wildman–Crippen LogP) is 5.28. The van der Waals surface area contributed by atoms with Gasteiger partial charge < -0.3 is 0 Å². The molecule has 1 unspecified atom stereocenters. The molecule has 15 heavy (non-hydrogen) atoms. The summed E-state index contributed by atoms with van der Waals surface area (Å²) in [4.78, 5) is 0. The molecular weight excluding hydrogens is 180 g/mol. The maximum absolute atomic E-state index is 4.09. The standard InChI is InChI=1S/C15H26/c1-7-14(5)15(6)11-13(4)10-8-9-12(2)3/h13H,2,5-11H2,1,3-4H3. The highest BCUT2D eigenvalue weighted by Gasteiger charge is 2.06. The lowest BCUT2D eigenvalue weighted by Crippen LogP contribution is -1.98. The Labute approximate surface area is 95.8 Å². The SMILES string of the molecule is C=C(C)CCCC(C)CC(=C)C(=C)CC. The van der Waals surface area contributed by atoms with Gasteiger partial charge in [0.1, 0.15) is 0 Å². The first-order chi connectivity index (χ1) is 6.97. The zero-order valence-electron chi connectivity index (χ0n) is 10.7. The van der Waals surface area contributed by atoms with Gasteiger partial charge in [-0.2, -0.15) is 0 Å². The van der Waals surface area contributed by atoms with E-state index in [4.69, 9.17) is 0 Å². The van der Waals surface area contributed by atoms with E-state index in [0.29, 0.717) is 0 Å². The Hall–Kier alpha value is -0.780. The summed E-state index contributed by atoms with van der Waals surface area (Å²) in [6.45, 7) is 18.6. The van der Waals surface area contributed by atoms with Gasteiger partial charge in [0, 0.05) is 0 Å². The van der Waals surface area contributed by atoms with Crippen molar-refractivity contribution in [3.8, 4) is 0 Å². The average Bonchev–Trinajstić information content (AvgIpc) is 2.15. The van der Waals surface area contributed by atoms with Gasteiger partial charge in [0.15, 0.2) is 0 Å². The molecule has 0 saturated carbocycles. The van der Waals surface area contributed by atoms with Crippen molar-refractivity contribution in [1.82, 2.24) is 0 Å². The highest BCUT2D eigenvalue weighted by molar-refractivity contribution is 5.24. The van der Waals surface area contributed by atoms with Crippen LogP contribution in [-0.2, 0) is 0 Å². The van der Waals surface area contributed by atoms with Crippen molar-refractivity contribution >= 4 is 0 Å². The van der Waals surface area contributed by atoms with Crippen LogP contribution in [0.5, 0.6) is 0 Å². The van der Waals surface area contributed by atoms with Crippen LogP contribution >= 0.6 is 0 Å². The molecule has 0 heterocycles. The molecule has 0 nitrogen and oxygen atoms in total. The molecule has 0 aliphatic carbocycles. The normalized spacial score (nSPS) is 12.2. The molecule has 0 N–H and O–H groups in total. The van der Waals surface area contributed by atoms with Crippen LogP contribution in [0.15, 0.2) is 36.5 Å². The van der Waals surface area contributed by atoms with Crippen LogP contribution in [0.3, 0.4) is 0 Å². The van der Waals surface area contributed by atoms with Crippen LogP contribution in [0, 0.1) is 5.92 Å². The van der Waals surface area contributed by atoms with Crippen molar-refractivity contribution in [2.75, 3.05) is 0 Å². The average molecular weight is 206 g/mol. The van der Waals surface area contributed by atoms with Crippen LogP contribution < -0.4 is 0 Å². The van der Waals surface area contributed by atoms with Gasteiger partial charge in [-0.05, 0) is 38.5 Å². The molecule has 0 rings (SSSR count). The van der Waals surface area contributed by atoms with Gasteiger partial charge >= 0.3 is 0 Å². The quantitative estimate of drug-likeness (QED) is 0.374. The summed E-state index contributed by atoms with van der Waals surface area (Å²) < 4.78 is 0. The summed E-state index contributed by atoms with van der Waals surface area (Å²) >= 11 is 0. The van der Waals surface area contributed by atoms with Gasteiger partial charge in [-0.1, -0.05) is 50.1 Å². The number of hydrogen-bond acceptors (Lipinski definition) is 0. The van der Waals surface area contributed by atoms with E-state index in [9.17, 15) is 0 Å². The van der Waals surface area contributed by atoms with Crippen LogP contribution in [0.25, 0.3) is 0 Å². The summed E-state index contributed by atoms with van der Waals surface area (Å²) in [7, 11) is 0. The third kappa shape index (κ3) is 7.18. The Morgan fingerprint density at radius 1 is 1.13 bits per heavy atom. The molecule has 0 radical (unpaired) electrons. The van der Waals surface area contributed by atoms with Gasteiger partial charge in [-0.25, -0.2) is 0 Å². The van der Waals surface area contributed by atoms with Gasteiger partial charge in [0.25, 0.3) is 0 Å². The lowest BCUT2D eigenvalue weighted by atomic mass is 9.92. The lowest BCUT2D eigenvalue weighted by Gasteiger charge is -2.14. The number of rotatable bonds is 8. The van der Waals surface area contributed by atoms with E-state index in [-0.39, 0.29) is 0 Å². The predicted molar refractivity (Wildman–Crippen MR) is 71.0 cm³/mol. The number of allylic oxidation sites excluding steroid dienone is 3. The Balaban J connectivity index is 3.73. The van der Waals surface area contributed by atoms with E-state index in [0.717, 1.165) is 25.2 Å². The van der Waals surface area contributed by atoms with Crippen molar-refractivity contribution in [3.05, 3.63) is 36.5 Å². The molecule has 0 aliphatic rings. The first-order valence-corrected chi connectivity index (χ1v) is 5.97. The Morgan fingerprint density at radius 2 is 1.73 bits per heavy atom. The van der Waals surface area contributed by atoms with Crippen LogP contribution in [-0.4, -0.2) is 0 Å². The van der Waals surface area contributed by atoms with Gasteiger partial charge in [0.2, 0.25) is 0 Å². The molecule has 1 atom stereocenters. The molecule has 0 aromatic rings. The first kappa shape index (κ1) is 14.2. The van der Waals surface area contributed by atoms with E-state index in [1.54, 1.807) is 0 Å². The van der Waals surface area contributed by atoms with E-state index in [1.165, 1.54) is 29.6 Å². The maximum Gasteiger partial charge on any atom is -0.0256 e. The van der Waals surface area contributed by atoms with Crippen molar-refractivity contribution < 1.29 is 0 Å². The fourth-order valence-electron chi connectivity index (χ4n) is 1.67. The summed E-state index contributed by atoms with van der Waals surface area (Å²) in [5, 5.41) is 0. The smallest absolute Gasteiger partial charge is 0.0256 e.